The second kappa shape index (κ2) is 9.76. The van der Waals surface area contributed by atoms with Gasteiger partial charge in [0.25, 0.3) is 0 Å². The third-order valence-electron chi connectivity index (χ3n) is 7.16. The van der Waals surface area contributed by atoms with Crippen molar-refractivity contribution in [2.45, 2.75) is 52.9 Å². The summed E-state index contributed by atoms with van der Waals surface area (Å²) in [6.07, 6.45) is 1.37. The SMILES string of the molecule is CCN(CC)c1ccc(C2CC(=O)N(c3cc(OC)cc(OC)c3)C3=C2C(=O)CC(C)(C)C3)cc1. The molecule has 1 amide bonds. The molecule has 4 rings (SSSR count). The first-order chi connectivity index (χ1) is 16.7. The van der Waals surface area contributed by atoms with Crippen molar-refractivity contribution in [3.63, 3.8) is 0 Å². The molecule has 6 nitrogen and oxygen atoms in total. The van der Waals surface area contributed by atoms with Crippen molar-refractivity contribution in [3.8, 4) is 11.5 Å². The molecule has 35 heavy (non-hydrogen) atoms. The number of ether oxygens (including phenoxy) is 2. The summed E-state index contributed by atoms with van der Waals surface area (Å²) in [5, 5.41) is 0. The average Bonchev–Trinajstić information content (AvgIpc) is 2.83. The fourth-order valence-corrected chi connectivity index (χ4v) is 5.43. The second-order valence-electron chi connectivity index (χ2n) is 10.1. The Bertz CT molecular complexity index is 1120. The highest BCUT2D eigenvalue weighted by atomic mass is 16.5. The third kappa shape index (κ3) is 4.79. The number of Topliss-reactive ketones (excluding diaryl/α,β-unsaturated/α-hetero) is 1. The van der Waals surface area contributed by atoms with Crippen molar-refractivity contribution in [3.05, 3.63) is 59.3 Å². The number of rotatable bonds is 7. The summed E-state index contributed by atoms with van der Waals surface area (Å²) in [7, 11) is 3.18. The van der Waals surface area contributed by atoms with Gasteiger partial charge >= 0.3 is 0 Å². The number of anilines is 2. The maximum Gasteiger partial charge on any atom is 0.232 e. The Kier molecular flexibility index (Phi) is 6.93. The topological polar surface area (TPSA) is 59.1 Å². The van der Waals surface area contributed by atoms with Gasteiger partial charge in [0.2, 0.25) is 5.91 Å². The third-order valence-corrected chi connectivity index (χ3v) is 7.16. The maximum absolute atomic E-state index is 13.7. The molecule has 2 aliphatic rings. The highest BCUT2D eigenvalue weighted by molar-refractivity contribution is 6.08. The van der Waals surface area contributed by atoms with Gasteiger partial charge in [0.05, 0.1) is 19.9 Å². The Hall–Kier alpha value is -3.28. The van der Waals surface area contributed by atoms with E-state index in [1.807, 2.05) is 12.1 Å². The lowest BCUT2D eigenvalue weighted by Gasteiger charge is -2.43. The van der Waals surface area contributed by atoms with Crippen molar-refractivity contribution in [2.75, 3.05) is 37.1 Å². The maximum atomic E-state index is 13.7. The lowest BCUT2D eigenvalue weighted by Crippen LogP contribution is -2.43. The lowest BCUT2D eigenvalue weighted by molar-refractivity contribution is -0.121. The van der Waals surface area contributed by atoms with Gasteiger partial charge in [-0.05, 0) is 43.4 Å². The van der Waals surface area contributed by atoms with Crippen molar-refractivity contribution in [2.24, 2.45) is 5.41 Å². The van der Waals surface area contributed by atoms with Crippen LogP contribution in [0.2, 0.25) is 0 Å². The van der Waals surface area contributed by atoms with E-state index in [1.54, 1.807) is 25.2 Å². The molecular weight excluding hydrogens is 440 g/mol. The van der Waals surface area contributed by atoms with Crippen LogP contribution >= 0.6 is 0 Å². The van der Waals surface area contributed by atoms with E-state index < -0.39 is 0 Å². The Morgan fingerprint density at radius 2 is 1.54 bits per heavy atom. The fourth-order valence-electron chi connectivity index (χ4n) is 5.43. The monoisotopic (exact) mass is 476 g/mol. The van der Waals surface area contributed by atoms with Crippen LogP contribution in [0, 0.1) is 5.41 Å². The number of methoxy groups -OCH3 is 2. The van der Waals surface area contributed by atoms with E-state index >= 15 is 0 Å². The average molecular weight is 477 g/mol. The molecule has 0 spiro atoms. The smallest absolute Gasteiger partial charge is 0.232 e. The van der Waals surface area contributed by atoms with Crippen molar-refractivity contribution < 1.29 is 19.1 Å². The number of carbonyl (C=O) groups excluding carboxylic acids is 2. The quantitative estimate of drug-likeness (QED) is 0.512. The predicted octanol–water partition coefficient (Wildman–Crippen LogP) is 5.71. The van der Waals surface area contributed by atoms with Crippen molar-refractivity contribution in [1.82, 2.24) is 0 Å². The zero-order chi connectivity index (χ0) is 25.3. The predicted molar refractivity (Wildman–Crippen MR) is 139 cm³/mol. The van der Waals surface area contributed by atoms with Crippen LogP contribution in [-0.4, -0.2) is 39.0 Å². The number of hydrogen-bond donors (Lipinski definition) is 0. The van der Waals surface area contributed by atoms with E-state index in [0.29, 0.717) is 30.0 Å². The van der Waals surface area contributed by atoms with Gasteiger partial charge in [-0.3, -0.25) is 14.5 Å². The molecule has 2 aromatic carbocycles. The number of amides is 1. The summed E-state index contributed by atoms with van der Waals surface area (Å²) in [6.45, 7) is 10.3. The molecule has 0 N–H and O–H groups in total. The molecule has 1 aliphatic heterocycles. The second-order valence-corrected chi connectivity index (χ2v) is 10.1. The molecule has 0 radical (unpaired) electrons. The van der Waals surface area contributed by atoms with Gasteiger partial charge in [0, 0.05) is 67.0 Å². The zero-order valence-corrected chi connectivity index (χ0v) is 21.7. The van der Waals surface area contributed by atoms with Crippen molar-refractivity contribution in [1.29, 1.82) is 0 Å². The van der Waals surface area contributed by atoms with Gasteiger partial charge in [-0.25, -0.2) is 0 Å². The van der Waals surface area contributed by atoms with Crippen LogP contribution < -0.4 is 19.3 Å². The molecule has 186 valence electrons. The normalized spacial score (nSPS) is 19.5. The van der Waals surface area contributed by atoms with E-state index in [9.17, 15) is 9.59 Å². The Morgan fingerprint density at radius 3 is 2.09 bits per heavy atom. The highest BCUT2D eigenvalue weighted by Crippen LogP contribution is 2.49. The van der Waals surface area contributed by atoms with Gasteiger partial charge in [-0.15, -0.1) is 0 Å². The number of nitrogens with zero attached hydrogens (tertiary/aromatic N) is 2. The van der Waals surface area contributed by atoms with Gasteiger partial charge in [-0.2, -0.15) is 0 Å². The van der Waals surface area contributed by atoms with Gasteiger partial charge in [-0.1, -0.05) is 26.0 Å². The van der Waals surface area contributed by atoms with Crippen LogP contribution in [0.25, 0.3) is 0 Å². The van der Waals surface area contributed by atoms with Gasteiger partial charge in [0.15, 0.2) is 5.78 Å². The van der Waals surface area contributed by atoms with Crippen LogP contribution in [0.15, 0.2) is 53.7 Å². The highest BCUT2D eigenvalue weighted by Gasteiger charge is 2.44. The minimum absolute atomic E-state index is 0.0256. The minimum Gasteiger partial charge on any atom is -0.497 e. The van der Waals surface area contributed by atoms with E-state index in [0.717, 1.165) is 35.6 Å². The molecule has 0 aromatic heterocycles. The molecule has 0 bridgehead atoms. The van der Waals surface area contributed by atoms with Gasteiger partial charge in [0.1, 0.15) is 11.5 Å². The molecule has 2 aromatic rings. The van der Waals surface area contributed by atoms with E-state index in [4.69, 9.17) is 9.47 Å². The van der Waals surface area contributed by atoms with E-state index in [-0.39, 0.29) is 29.4 Å². The van der Waals surface area contributed by atoms with Gasteiger partial charge < -0.3 is 14.4 Å². The fraction of sp³-hybridized carbons (Fsp3) is 0.448. The number of carbonyl (C=O) groups is 2. The van der Waals surface area contributed by atoms with Crippen LogP contribution in [0.5, 0.6) is 11.5 Å². The van der Waals surface area contributed by atoms with E-state index in [2.05, 4.69) is 56.9 Å². The summed E-state index contributed by atoms with van der Waals surface area (Å²) < 4.78 is 10.9. The van der Waals surface area contributed by atoms with Crippen molar-refractivity contribution >= 4 is 23.1 Å². The zero-order valence-electron chi connectivity index (χ0n) is 21.7. The summed E-state index contributed by atoms with van der Waals surface area (Å²) >= 11 is 0. The molecule has 1 heterocycles. The first kappa shape index (κ1) is 24.8. The summed E-state index contributed by atoms with van der Waals surface area (Å²) in [5.74, 6) is 1.06. The largest absolute Gasteiger partial charge is 0.497 e. The Morgan fingerprint density at radius 1 is 0.943 bits per heavy atom. The first-order valence-corrected chi connectivity index (χ1v) is 12.4. The van der Waals surface area contributed by atoms with Crippen LogP contribution in [-0.2, 0) is 9.59 Å². The number of benzene rings is 2. The number of hydrogen-bond acceptors (Lipinski definition) is 5. The molecule has 1 unspecified atom stereocenters. The number of allylic oxidation sites excluding steroid dienone is 2. The molecule has 1 aliphatic carbocycles. The summed E-state index contributed by atoms with van der Waals surface area (Å²) in [4.78, 5) is 31.3. The standard InChI is InChI=1S/C29H36N2O4/c1-7-30(8-2)20-11-9-19(10-12-20)24-16-27(33)31(21-13-22(34-5)15-23(14-21)35-6)25-17-29(3,4)18-26(32)28(24)25/h9-15,24H,7-8,16-18H2,1-6H3. The van der Waals surface area contributed by atoms with E-state index in [1.165, 1.54) is 0 Å². The molecule has 1 atom stereocenters. The molecular formula is C29H36N2O4. The van der Waals surface area contributed by atoms with Crippen LogP contribution in [0.4, 0.5) is 11.4 Å². The Labute approximate surface area is 208 Å². The minimum atomic E-state index is -0.240. The lowest BCUT2D eigenvalue weighted by atomic mass is 9.69. The summed E-state index contributed by atoms with van der Waals surface area (Å²) in [5.41, 5.74) is 4.16. The van der Waals surface area contributed by atoms with Crippen LogP contribution in [0.3, 0.4) is 0 Å². The Balaban J connectivity index is 1.83. The molecule has 6 heteroatoms. The molecule has 0 fully saturated rings. The molecule has 0 saturated heterocycles. The molecule has 0 saturated carbocycles. The number of ketones is 1. The summed E-state index contributed by atoms with van der Waals surface area (Å²) in [6, 6.07) is 13.8. The first-order valence-electron chi connectivity index (χ1n) is 12.4. The van der Waals surface area contributed by atoms with Crippen LogP contribution in [0.1, 0.15) is 58.4 Å².